The Morgan fingerprint density at radius 3 is 2.69 bits per heavy atom. The molecule has 0 aliphatic carbocycles. The van der Waals surface area contributed by atoms with E-state index in [9.17, 15) is 9.59 Å². The van der Waals surface area contributed by atoms with Gasteiger partial charge in [-0.25, -0.2) is 0 Å². The Morgan fingerprint density at radius 2 is 1.94 bits per heavy atom. The third-order valence-corrected chi connectivity index (χ3v) is 6.70. The van der Waals surface area contributed by atoms with Crippen molar-refractivity contribution >= 4 is 28.5 Å². The lowest BCUT2D eigenvalue weighted by molar-refractivity contribution is 0.0701. The van der Waals surface area contributed by atoms with Gasteiger partial charge < -0.3 is 18.5 Å². The van der Waals surface area contributed by atoms with Gasteiger partial charge in [-0.2, -0.15) is 0 Å². The first-order valence-electron chi connectivity index (χ1n) is 11.7. The lowest BCUT2D eigenvalue weighted by atomic mass is 9.98. The summed E-state index contributed by atoms with van der Waals surface area (Å²) in [5, 5.41) is 0.819. The molecule has 4 aromatic rings. The van der Waals surface area contributed by atoms with Crippen LogP contribution in [0.4, 0.5) is 0 Å². The monoisotopic (exact) mass is 491 g/mol. The molecule has 0 radical (unpaired) electrons. The molecule has 2 aromatic carbocycles. The third-order valence-electron chi connectivity index (χ3n) is 6.29. The second-order valence-electron chi connectivity index (χ2n) is 9.29. The fourth-order valence-electron chi connectivity index (χ4n) is 4.41. The fourth-order valence-corrected chi connectivity index (χ4v) is 4.57. The number of carbonyl (C=O) groups is 1. The molecule has 1 amide bonds. The van der Waals surface area contributed by atoms with Crippen LogP contribution in [0.3, 0.4) is 0 Å². The van der Waals surface area contributed by atoms with E-state index < -0.39 is 6.04 Å². The number of aryl methyl sites for hydroxylation is 1. The molecule has 1 aliphatic rings. The van der Waals surface area contributed by atoms with Gasteiger partial charge in [-0.15, -0.1) is 0 Å². The predicted molar refractivity (Wildman–Crippen MR) is 134 cm³/mol. The number of furan rings is 1. The number of benzene rings is 2. The normalized spacial score (nSPS) is 15.3. The van der Waals surface area contributed by atoms with E-state index >= 15 is 0 Å². The number of fused-ring (bicyclic) bond motifs is 2. The zero-order chi connectivity index (χ0) is 24.7. The Bertz CT molecular complexity index is 1450. The summed E-state index contributed by atoms with van der Waals surface area (Å²) in [6, 6.07) is 13.7. The second kappa shape index (κ2) is 9.27. The lowest BCUT2D eigenvalue weighted by Crippen LogP contribution is -2.29. The van der Waals surface area contributed by atoms with Crippen molar-refractivity contribution in [3.05, 3.63) is 98.3 Å². The molecule has 1 unspecified atom stereocenters. The molecule has 0 saturated heterocycles. The highest BCUT2D eigenvalue weighted by Crippen LogP contribution is 2.40. The van der Waals surface area contributed by atoms with E-state index in [1.54, 1.807) is 35.4 Å². The van der Waals surface area contributed by atoms with Gasteiger partial charge in [0.05, 0.1) is 36.4 Å². The van der Waals surface area contributed by atoms with Crippen molar-refractivity contribution in [1.82, 2.24) is 4.90 Å². The van der Waals surface area contributed by atoms with Gasteiger partial charge in [0, 0.05) is 5.02 Å². The Labute approximate surface area is 208 Å². The molecule has 35 heavy (non-hydrogen) atoms. The highest BCUT2D eigenvalue weighted by molar-refractivity contribution is 6.32. The lowest BCUT2D eigenvalue weighted by Gasteiger charge is -2.24. The molecule has 0 spiro atoms. The van der Waals surface area contributed by atoms with Crippen LogP contribution in [0.2, 0.25) is 5.02 Å². The largest absolute Gasteiger partial charge is 0.494 e. The quantitative estimate of drug-likeness (QED) is 0.294. The number of hydrogen-bond donors (Lipinski definition) is 0. The van der Waals surface area contributed by atoms with E-state index in [1.807, 2.05) is 31.2 Å². The molecular weight excluding hydrogens is 466 g/mol. The maximum absolute atomic E-state index is 13.7. The van der Waals surface area contributed by atoms with E-state index in [0.717, 1.165) is 17.5 Å². The van der Waals surface area contributed by atoms with E-state index in [2.05, 4.69) is 13.8 Å². The van der Waals surface area contributed by atoms with Gasteiger partial charge in [-0.05, 0) is 66.8 Å². The van der Waals surface area contributed by atoms with Crippen LogP contribution < -0.4 is 10.2 Å². The van der Waals surface area contributed by atoms with Crippen molar-refractivity contribution in [2.75, 3.05) is 6.61 Å². The average Bonchev–Trinajstić information content (AvgIpc) is 3.43. The van der Waals surface area contributed by atoms with Crippen LogP contribution >= 0.6 is 11.6 Å². The van der Waals surface area contributed by atoms with Crippen molar-refractivity contribution in [3.63, 3.8) is 0 Å². The van der Waals surface area contributed by atoms with Gasteiger partial charge in [-0.1, -0.05) is 37.6 Å². The number of nitrogens with zero attached hydrogens (tertiary/aromatic N) is 1. The number of ether oxygens (including phenoxy) is 1. The van der Waals surface area contributed by atoms with E-state index in [4.69, 9.17) is 25.2 Å². The summed E-state index contributed by atoms with van der Waals surface area (Å²) in [4.78, 5) is 28.9. The van der Waals surface area contributed by atoms with Gasteiger partial charge in [0.25, 0.3) is 5.91 Å². The first kappa shape index (κ1) is 23.2. The summed E-state index contributed by atoms with van der Waals surface area (Å²) in [7, 11) is 0. The number of carbonyl (C=O) groups excluding carboxylic acids is 1. The molecule has 5 rings (SSSR count). The summed E-state index contributed by atoms with van der Waals surface area (Å²) in [6.07, 6.45) is 2.49. The number of halogens is 1. The van der Waals surface area contributed by atoms with Crippen LogP contribution in [0.1, 0.15) is 59.3 Å². The van der Waals surface area contributed by atoms with Crippen molar-refractivity contribution < 1.29 is 18.4 Å². The SMILES string of the molecule is Cc1cc2oc3c(c(=O)c2cc1Cl)C(c1cccc(OCCC(C)C)c1)N(Cc1ccco1)C3=O. The topological polar surface area (TPSA) is 72.9 Å². The number of hydrogen-bond acceptors (Lipinski definition) is 5. The van der Waals surface area contributed by atoms with Gasteiger partial charge in [-0.3, -0.25) is 9.59 Å². The smallest absolute Gasteiger partial charge is 0.291 e. The molecule has 180 valence electrons. The van der Waals surface area contributed by atoms with E-state index in [1.165, 1.54) is 0 Å². The molecule has 1 aliphatic heterocycles. The molecule has 3 heterocycles. The molecule has 7 heteroatoms. The van der Waals surface area contributed by atoms with Crippen LogP contribution in [0.15, 0.2) is 68.4 Å². The van der Waals surface area contributed by atoms with Crippen LogP contribution in [0.5, 0.6) is 5.75 Å². The molecule has 0 fully saturated rings. The minimum Gasteiger partial charge on any atom is -0.494 e. The van der Waals surface area contributed by atoms with E-state index in [0.29, 0.717) is 45.6 Å². The summed E-state index contributed by atoms with van der Waals surface area (Å²) in [6.45, 7) is 6.89. The first-order chi connectivity index (χ1) is 16.8. The minimum absolute atomic E-state index is 0.0481. The Hall–Kier alpha value is -3.51. The second-order valence-corrected chi connectivity index (χ2v) is 9.70. The van der Waals surface area contributed by atoms with Crippen molar-refractivity contribution in [2.45, 2.75) is 39.8 Å². The van der Waals surface area contributed by atoms with Gasteiger partial charge in [0.15, 0.2) is 5.43 Å². The predicted octanol–water partition coefficient (Wildman–Crippen LogP) is 6.52. The molecule has 6 nitrogen and oxygen atoms in total. The summed E-state index contributed by atoms with van der Waals surface area (Å²) in [5.41, 5.74) is 1.90. The number of amides is 1. The van der Waals surface area contributed by atoms with Crippen LogP contribution in [0, 0.1) is 12.8 Å². The summed E-state index contributed by atoms with van der Waals surface area (Å²) >= 11 is 6.32. The van der Waals surface area contributed by atoms with Gasteiger partial charge >= 0.3 is 0 Å². The standard InChI is InChI=1S/C28H26ClNO5/c1-16(2)9-11-34-19-7-4-6-18(13-19)25-24-26(31)21-14-22(29)17(3)12-23(21)35-27(24)28(32)30(25)15-20-8-5-10-33-20/h4-8,10,12-14,16,25H,9,11,15H2,1-3H3. The molecular formula is C28H26ClNO5. The first-order valence-corrected chi connectivity index (χ1v) is 12.0. The van der Waals surface area contributed by atoms with E-state index in [-0.39, 0.29) is 23.6 Å². The van der Waals surface area contributed by atoms with Crippen LogP contribution in [-0.2, 0) is 6.54 Å². The Kier molecular flexibility index (Phi) is 6.15. The highest BCUT2D eigenvalue weighted by atomic mass is 35.5. The van der Waals surface area contributed by atoms with Gasteiger partial charge in [0.2, 0.25) is 5.76 Å². The fraction of sp³-hybridized carbons (Fsp3) is 0.286. The maximum Gasteiger partial charge on any atom is 0.291 e. The van der Waals surface area contributed by atoms with Crippen molar-refractivity contribution in [2.24, 2.45) is 5.92 Å². The Morgan fingerprint density at radius 1 is 1.11 bits per heavy atom. The number of rotatable bonds is 7. The zero-order valence-electron chi connectivity index (χ0n) is 19.8. The van der Waals surface area contributed by atoms with Crippen LogP contribution in [-0.4, -0.2) is 17.4 Å². The third kappa shape index (κ3) is 4.34. The average molecular weight is 492 g/mol. The molecule has 0 bridgehead atoms. The Balaban J connectivity index is 1.64. The molecule has 0 saturated carbocycles. The van der Waals surface area contributed by atoms with Gasteiger partial charge in [0.1, 0.15) is 17.1 Å². The highest BCUT2D eigenvalue weighted by Gasteiger charge is 2.43. The maximum atomic E-state index is 13.7. The molecule has 2 aromatic heterocycles. The van der Waals surface area contributed by atoms with Crippen LogP contribution in [0.25, 0.3) is 11.0 Å². The van der Waals surface area contributed by atoms with Crippen molar-refractivity contribution in [3.8, 4) is 5.75 Å². The zero-order valence-corrected chi connectivity index (χ0v) is 20.6. The summed E-state index contributed by atoms with van der Waals surface area (Å²) < 4.78 is 17.5. The molecule has 1 atom stereocenters. The summed E-state index contributed by atoms with van der Waals surface area (Å²) in [5.74, 6) is 1.50. The molecule has 0 N–H and O–H groups in total. The minimum atomic E-state index is -0.656. The van der Waals surface area contributed by atoms with Crippen molar-refractivity contribution in [1.29, 1.82) is 0 Å².